The molecule has 9 nitrogen and oxygen atoms in total. The number of methoxy groups -OCH3 is 2. The molecule has 3 heterocycles. The molecule has 0 amide bonds. The van der Waals surface area contributed by atoms with Crippen LogP contribution in [-0.4, -0.2) is 46.2 Å². The summed E-state index contributed by atoms with van der Waals surface area (Å²) >= 11 is 0. The van der Waals surface area contributed by atoms with Gasteiger partial charge >= 0.3 is 0 Å². The molecule has 0 aliphatic carbocycles. The molecule has 1 unspecified atom stereocenters. The molecule has 9 heteroatoms. The molecule has 2 aromatic carbocycles. The van der Waals surface area contributed by atoms with Crippen molar-refractivity contribution in [1.29, 1.82) is 0 Å². The van der Waals surface area contributed by atoms with Gasteiger partial charge in [0.1, 0.15) is 28.9 Å². The lowest BCUT2D eigenvalue weighted by molar-refractivity contribution is 0.395. The van der Waals surface area contributed by atoms with E-state index in [0.29, 0.717) is 40.6 Å². The van der Waals surface area contributed by atoms with E-state index < -0.39 is 0 Å². The van der Waals surface area contributed by atoms with E-state index in [9.17, 15) is 10.2 Å². The van der Waals surface area contributed by atoms with Crippen molar-refractivity contribution in [2.75, 3.05) is 20.8 Å². The molecule has 0 saturated heterocycles. The van der Waals surface area contributed by atoms with Crippen LogP contribution >= 0.6 is 0 Å². The number of aromatic nitrogens is 3. The zero-order chi connectivity index (χ0) is 25.9. The number of fused-ring (bicyclic) bond motifs is 1. The zero-order valence-corrected chi connectivity index (χ0v) is 21.1. The molecule has 0 fully saturated rings. The summed E-state index contributed by atoms with van der Waals surface area (Å²) in [7, 11) is 3.10. The first kappa shape index (κ1) is 24.6. The fourth-order valence-electron chi connectivity index (χ4n) is 4.87. The number of pyridine rings is 1. The smallest absolute Gasteiger partial charge is 0.257 e. The summed E-state index contributed by atoms with van der Waals surface area (Å²) in [4.78, 5) is 4.47. The number of nitrogens with zero attached hydrogens (tertiary/aromatic N) is 3. The molecule has 1 atom stereocenters. The Hall–Kier alpha value is -4.11. The van der Waals surface area contributed by atoms with Crippen molar-refractivity contribution in [3.05, 3.63) is 65.2 Å². The molecule has 5 rings (SSSR count). The lowest BCUT2D eigenvalue weighted by Crippen LogP contribution is -2.30. The minimum absolute atomic E-state index is 0.0282. The van der Waals surface area contributed by atoms with Gasteiger partial charge < -0.3 is 29.4 Å². The van der Waals surface area contributed by atoms with Gasteiger partial charge in [0.05, 0.1) is 31.0 Å². The Morgan fingerprint density at radius 3 is 2.46 bits per heavy atom. The van der Waals surface area contributed by atoms with Crippen LogP contribution in [0.1, 0.15) is 48.5 Å². The Bertz CT molecular complexity index is 1400. The van der Waals surface area contributed by atoms with Gasteiger partial charge in [0, 0.05) is 6.54 Å². The molecular formula is C28H30N4O5. The Balaban J connectivity index is 1.66. The van der Waals surface area contributed by atoms with E-state index in [0.717, 1.165) is 31.4 Å². The number of rotatable bonds is 8. The average molecular weight is 503 g/mol. The topological polar surface area (TPSA) is 123 Å². The van der Waals surface area contributed by atoms with Gasteiger partial charge in [-0.3, -0.25) is 0 Å². The highest BCUT2D eigenvalue weighted by molar-refractivity contribution is 5.88. The van der Waals surface area contributed by atoms with Crippen LogP contribution in [-0.2, 0) is 12.8 Å². The van der Waals surface area contributed by atoms with Crippen LogP contribution in [0.3, 0.4) is 0 Å². The Labute approximate surface area is 215 Å². The third-order valence-corrected chi connectivity index (χ3v) is 6.68. The number of aryl methyl sites for hydroxylation is 1. The van der Waals surface area contributed by atoms with Crippen molar-refractivity contribution in [1.82, 2.24) is 20.5 Å². The molecule has 4 aromatic rings. The lowest BCUT2D eigenvalue weighted by atomic mass is 9.94. The second-order valence-electron chi connectivity index (χ2n) is 8.90. The van der Waals surface area contributed by atoms with Crippen molar-refractivity contribution in [2.45, 2.75) is 38.6 Å². The SMILES string of the molecule is CCCCc1nc(O)c(-c2nnc(C3NCCc4ccccc43)o2)c(O)c1-c1c(OC)cccc1OC. The van der Waals surface area contributed by atoms with Crippen LogP contribution in [0, 0.1) is 0 Å². The molecular weight excluding hydrogens is 472 g/mol. The van der Waals surface area contributed by atoms with Gasteiger partial charge in [-0.15, -0.1) is 10.2 Å². The molecule has 0 spiro atoms. The summed E-state index contributed by atoms with van der Waals surface area (Å²) < 4.78 is 17.3. The van der Waals surface area contributed by atoms with Crippen LogP contribution in [0.2, 0.25) is 0 Å². The van der Waals surface area contributed by atoms with E-state index >= 15 is 0 Å². The second kappa shape index (κ2) is 10.5. The number of ether oxygens (including phenoxy) is 2. The highest BCUT2D eigenvalue weighted by Gasteiger charge is 2.31. The molecule has 0 saturated carbocycles. The third-order valence-electron chi connectivity index (χ3n) is 6.68. The molecule has 2 aromatic heterocycles. The Morgan fingerprint density at radius 2 is 1.73 bits per heavy atom. The van der Waals surface area contributed by atoms with Crippen LogP contribution in [0.15, 0.2) is 46.9 Å². The number of unbranched alkanes of at least 4 members (excludes halogenated alkanes) is 1. The van der Waals surface area contributed by atoms with Crippen molar-refractivity contribution >= 4 is 0 Å². The summed E-state index contributed by atoms with van der Waals surface area (Å²) in [6.07, 6.45) is 3.16. The fourth-order valence-corrected chi connectivity index (χ4v) is 4.87. The summed E-state index contributed by atoms with van der Waals surface area (Å²) in [5.41, 5.74) is 3.69. The third kappa shape index (κ3) is 4.46. The molecule has 0 radical (unpaired) electrons. The Morgan fingerprint density at radius 1 is 0.973 bits per heavy atom. The molecule has 1 aliphatic heterocycles. The van der Waals surface area contributed by atoms with Crippen LogP contribution in [0.5, 0.6) is 23.1 Å². The van der Waals surface area contributed by atoms with Crippen LogP contribution in [0.4, 0.5) is 0 Å². The lowest BCUT2D eigenvalue weighted by Gasteiger charge is -2.24. The number of aromatic hydroxyl groups is 2. The average Bonchev–Trinajstić information content (AvgIpc) is 3.40. The Kier molecular flexibility index (Phi) is 6.96. The van der Waals surface area contributed by atoms with E-state index in [-0.39, 0.29) is 29.1 Å². The largest absolute Gasteiger partial charge is 0.506 e. The van der Waals surface area contributed by atoms with Gasteiger partial charge in [-0.1, -0.05) is 43.7 Å². The van der Waals surface area contributed by atoms with Crippen molar-refractivity contribution in [3.8, 4) is 45.7 Å². The second-order valence-corrected chi connectivity index (χ2v) is 8.90. The first-order valence-corrected chi connectivity index (χ1v) is 12.4. The summed E-state index contributed by atoms with van der Waals surface area (Å²) in [5.74, 6) is 0.703. The van der Waals surface area contributed by atoms with Crippen molar-refractivity contribution < 1.29 is 24.1 Å². The maximum atomic E-state index is 11.6. The zero-order valence-electron chi connectivity index (χ0n) is 21.1. The maximum absolute atomic E-state index is 11.6. The predicted molar refractivity (Wildman–Crippen MR) is 138 cm³/mol. The van der Waals surface area contributed by atoms with Gasteiger partial charge in [0.2, 0.25) is 11.8 Å². The van der Waals surface area contributed by atoms with Gasteiger partial charge in [-0.05, 0) is 42.5 Å². The van der Waals surface area contributed by atoms with Gasteiger partial charge in [0.15, 0.2) is 0 Å². The number of benzene rings is 2. The van der Waals surface area contributed by atoms with E-state index in [2.05, 4.69) is 33.5 Å². The molecule has 37 heavy (non-hydrogen) atoms. The number of hydrogen-bond donors (Lipinski definition) is 3. The van der Waals surface area contributed by atoms with Crippen LogP contribution in [0.25, 0.3) is 22.6 Å². The maximum Gasteiger partial charge on any atom is 0.257 e. The number of hydrogen-bond acceptors (Lipinski definition) is 9. The van der Waals surface area contributed by atoms with Gasteiger partial charge in [0.25, 0.3) is 5.89 Å². The molecule has 3 N–H and O–H groups in total. The summed E-state index contributed by atoms with van der Waals surface area (Å²) in [6, 6.07) is 13.2. The number of nitrogens with one attached hydrogen (secondary N) is 1. The van der Waals surface area contributed by atoms with E-state index in [1.165, 1.54) is 5.56 Å². The molecule has 0 bridgehead atoms. The standard InChI is InChI=1S/C28H30N4O5/c1-4-5-11-18-21(22-19(35-2)12-8-13-20(22)36-3)25(33)23(26(34)30-18)27-31-32-28(37-27)24-17-10-7-6-9-16(17)14-15-29-24/h6-10,12-13,24,29H,4-5,11,14-15H2,1-3H3,(H2,30,33,34). The minimum atomic E-state index is -0.381. The molecule has 192 valence electrons. The van der Waals surface area contributed by atoms with Gasteiger partial charge in [-0.2, -0.15) is 0 Å². The summed E-state index contributed by atoms with van der Waals surface area (Å²) in [5, 5.41) is 34.4. The normalized spacial score (nSPS) is 14.8. The minimum Gasteiger partial charge on any atom is -0.506 e. The summed E-state index contributed by atoms with van der Waals surface area (Å²) in [6.45, 7) is 2.83. The fraction of sp³-hybridized carbons (Fsp3) is 0.321. The van der Waals surface area contributed by atoms with Gasteiger partial charge in [-0.25, -0.2) is 4.98 Å². The quantitative estimate of drug-likeness (QED) is 0.312. The van der Waals surface area contributed by atoms with Crippen molar-refractivity contribution in [3.63, 3.8) is 0 Å². The first-order chi connectivity index (χ1) is 18.1. The highest BCUT2D eigenvalue weighted by atomic mass is 16.5. The monoisotopic (exact) mass is 502 g/mol. The van der Waals surface area contributed by atoms with E-state index in [1.54, 1.807) is 32.4 Å². The highest BCUT2D eigenvalue weighted by Crippen LogP contribution is 2.49. The van der Waals surface area contributed by atoms with E-state index in [4.69, 9.17) is 13.9 Å². The van der Waals surface area contributed by atoms with Crippen LogP contribution < -0.4 is 14.8 Å². The van der Waals surface area contributed by atoms with E-state index in [1.807, 2.05) is 18.2 Å². The predicted octanol–water partition coefficient (Wildman–Crippen LogP) is 4.80. The molecule has 1 aliphatic rings. The first-order valence-electron chi connectivity index (χ1n) is 12.4. The van der Waals surface area contributed by atoms with Crippen molar-refractivity contribution in [2.24, 2.45) is 0 Å².